The first-order chi connectivity index (χ1) is 11.3. The van der Waals surface area contributed by atoms with Gasteiger partial charge in [-0.25, -0.2) is 4.98 Å². The zero-order valence-corrected chi connectivity index (χ0v) is 14.2. The van der Waals surface area contributed by atoms with Gasteiger partial charge in [0, 0.05) is 36.1 Å². The molecular weight excluding hydrogens is 282 g/mol. The molecule has 0 amide bonds. The Bertz CT molecular complexity index is 562. The summed E-state index contributed by atoms with van der Waals surface area (Å²) in [4.78, 5) is 6.60. The molecular formula is C20H30N3+3. The molecule has 2 heterocycles. The molecule has 1 aliphatic rings. The van der Waals surface area contributed by atoms with E-state index in [2.05, 4.69) is 54.4 Å². The van der Waals surface area contributed by atoms with E-state index in [1.165, 1.54) is 56.7 Å². The Morgan fingerprint density at radius 2 is 1.70 bits per heavy atom. The van der Waals surface area contributed by atoms with Crippen LogP contribution >= 0.6 is 0 Å². The first-order valence-corrected chi connectivity index (χ1v) is 9.02. The van der Waals surface area contributed by atoms with E-state index < -0.39 is 0 Å². The number of benzene rings is 1. The molecule has 0 aliphatic carbocycles. The van der Waals surface area contributed by atoms with Crippen LogP contribution in [0.2, 0.25) is 0 Å². The molecule has 0 bridgehead atoms. The van der Waals surface area contributed by atoms with Crippen molar-refractivity contribution in [2.75, 3.05) is 19.6 Å². The van der Waals surface area contributed by atoms with Crippen molar-refractivity contribution in [1.82, 2.24) is 0 Å². The van der Waals surface area contributed by atoms with E-state index in [1.807, 2.05) is 12.4 Å². The smallest absolute Gasteiger partial charge is 0.167 e. The van der Waals surface area contributed by atoms with Gasteiger partial charge in [-0.3, -0.25) is 0 Å². The Labute approximate surface area is 140 Å². The lowest BCUT2D eigenvalue weighted by atomic mass is 10.0. The van der Waals surface area contributed by atoms with Crippen molar-refractivity contribution in [3.63, 3.8) is 0 Å². The van der Waals surface area contributed by atoms with Crippen LogP contribution in [0.1, 0.15) is 30.9 Å². The Morgan fingerprint density at radius 1 is 1.00 bits per heavy atom. The predicted octanol–water partition coefficient (Wildman–Crippen LogP) is 0.153. The van der Waals surface area contributed by atoms with Gasteiger partial charge in [-0.1, -0.05) is 30.3 Å². The van der Waals surface area contributed by atoms with Crippen molar-refractivity contribution in [3.8, 4) is 0 Å². The van der Waals surface area contributed by atoms with Gasteiger partial charge in [0.1, 0.15) is 13.1 Å². The molecule has 3 rings (SSSR count). The molecule has 0 radical (unpaired) electrons. The second kappa shape index (κ2) is 8.23. The van der Waals surface area contributed by atoms with Crippen molar-refractivity contribution in [2.45, 2.75) is 38.9 Å². The quantitative estimate of drug-likeness (QED) is 0.759. The van der Waals surface area contributed by atoms with Gasteiger partial charge in [0.2, 0.25) is 0 Å². The number of H-pyrrole nitrogens is 1. The molecule has 3 heteroatoms. The van der Waals surface area contributed by atoms with Crippen LogP contribution in [-0.2, 0) is 13.1 Å². The number of rotatable bonds is 6. The highest BCUT2D eigenvalue weighted by Crippen LogP contribution is 2.01. The van der Waals surface area contributed by atoms with Crippen molar-refractivity contribution < 1.29 is 14.8 Å². The molecule has 23 heavy (non-hydrogen) atoms. The van der Waals surface area contributed by atoms with Crippen LogP contribution in [-0.4, -0.2) is 25.7 Å². The molecule has 1 fully saturated rings. The van der Waals surface area contributed by atoms with Gasteiger partial charge in [-0.05, 0) is 6.92 Å². The van der Waals surface area contributed by atoms with Crippen molar-refractivity contribution >= 4 is 0 Å². The van der Waals surface area contributed by atoms with E-state index in [1.54, 1.807) is 9.80 Å². The summed E-state index contributed by atoms with van der Waals surface area (Å²) in [5.41, 5.74) is 2.92. The Kier molecular flexibility index (Phi) is 5.78. The zero-order valence-electron chi connectivity index (χ0n) is 14.2. The summed E-state index contributed by atoms with van der Waals surface area (Å²) in [5, 5.41) is 0. The van der Waals surface area contributed by atoms with E-state index in [0.717, 1.165) is 6.04 Å². The number of likely N-dealkylation sites (tertiary alicyclic amines) is 1. The van der Waals surface area contributed by atoms with E-state index >= 15 is 0 Å². The van der Waals surface area contributed by atoms with Crippen LogP contribution in [0.15, 0.2) is 54.9 Å². The third kappa shape index (κ3) is 4.63. The topological polar surface area (TPSA) is 23.0 Å². The molecule has 122 valence electrons. The third-order valence-corrected chi connectivity index (χ3v) is 5.24. The second-order valence-electron chi connectivity index (χ2n) is 6.78. The van der Waals surface area contributed by atoms with Crippen molar-refractivity contribution in [2.24, 2.45) is 0 Å². The maximum Gasteiger partial charge on any atom is 0.167 e. The predicted molar refractivity (Wildman–Crippen MR) is 92.1 cm³/mol. The monoisotopic (exact) mass is 312 g/mol. The summed E-state index contributed by atoms with van der Waals surface area (Å²) in [6, 6.07) is 16.2. The number of piperidine rings is 1. The minimum atomic E-state index is 0.827. The highest BCUT2D eigenvalue weighted by molar-refractivity contribution is 5.13. The largest absolute Gasteiger partial charge is 0.331 e. The lowest BCUT2D eigenvalue weighted by Crippen LogP contribution is -3.19. The fraction of sp³-hybridized carbons (Fsp3) is 0.450. The fourth-order valence-corrected chi connectivity index (χ4v) is 3.86. The molecule has 1 aromatic heterocycles. The van der Waals surface area contributed by atoms with E-state index in [9.17, 15) is 0 Å². The molecule has 0 saturated carbocycles. The van der Waals surface area contributed by atoms with Crippen LogP contribution in [0.4, 0.5) is 0 Å². The van der Waals surface area contributed by atoms with Gasteiger partial charge < -0.3 is 9.80 Å². The van der Waals surface area contributed by atoms with Crippen LogP contribution in [0.3, 0.4) is 0 Å². The van der Waals surface area contributed by atoms with Gasteiger partial charge in [0.05, 0.1) is 25.7 Å². The Balaban J connectivity index is 1.51. The Morgan fingerprint density at radius 3 is 2.35 bits per heavy atom. The highest BCUT2D eigenvalue weighted by Gasteiger charge is 2.29. The van der Waals surface area contributed by atoms with Gasteiger partial charge >= 0.3 is 0 Å². The molecule has 1 unspecified atom stereocenters. The average Bonchev–Trinajstić information content (AvgIpc) is 2.62. The minimum absolute atomic E-state index is 0.827. The van der Waals surface area contributed by atoms with Gasteiger partial charge in [0.25, 0.3) is 0 Å². The lowest BCUT2D eigenvalue weighted by molar-refractivity contribution is -0.969. The molecule has 2 aromatic rings. The van der Waals surface area contributed by atoms with Crippen molar-refractivity contribution in [1.29, 1.82) is 0 Å². The summed E-state index contributed by atoms with van der Waals surface area (Å²) < 4.78 is 0. The highest BCUT2D eigenvalue weighted by atomic mass is 15.2. The summed E-state index contributed by atoms with van der Waals surface area (Å²) in [6.45, 7) is 8.51. The molecule has 1 saturated heterocycles. The van der Waals surface area contributed by atoms with Crippen molar-refractivity contribution in [3.05, 3.63) is 66.0 Å². The summed E-state index contributed by atoms with van der Waals surface area (Å²) in [6.07, 6.45) is 6.77. The molecule has 1 aliphatic heterocycles. The van der Waals surface area contributed by atoms with Crippen LogP contribution < -0.4 is 14.8 Å². The summed E-state index contributed by atoms with van der Waals surface area (Å²) in [7, 11) is 0. The molecule has 1 atom stereocenters. The number of aromatic amines is 1. The van der Waals surface area contributed by atoms with E-state index in [-0.39, 0.29) is 0 Å². The van der Waals surface area contributed by atoms with Gasteiger partial charge in [-0.2, -0.15) is 0 Å². The van der Waals surface area contributed by atoms with Gasteiger partial charge in [-0.15, -0.1) is 0 Å². The molecule has 1 aromatic carbocycles. The van der Waals surface area contributed by atoms with Gasteiger partial charge in [0.15, 0.2) is 12.4 Å². The Hall–Kier alpha value is -1.71. The van der Waals surface area contributed by atoms with E-state index in [4.69, 9.17) is 0 Å². The number of hydrogen-bond donors (Lipinski definition) is 2. The van der Waals surface area contributed by atoms with Crippen LogP contribution in [0.25, 0.3) is 0 Å². The number of quaternary nitrogens is 2. The first-order valence-electron chi connectivity index (χ1n) is 9.02. The standard InChI is InChI=1S/C20H27N3/c1-2-23(17-18-6-4-3-5-7-18)20-10-14-22(15-11-20)16-19-8-12-21-13-9-19/h3-9,12-13,20H,2,10-11,14-17H2,1H3/p+3. The SMILES string of the molecule is CC[NH+](Cc1ccccc1)C1CC[NH+](Cc2cc[nH+]cc2)CC1. The first kappa shape index (κ1) is 16.2. The number of nitrogens with one attached hydrogen (secondary N) is 3. The zero-order chi connectivity index (χ0) is 15.9. The minimum Gasteiger partial charge on any atom is -0.331 e. The normalized spacial score (nSPS) is 22.7. The average molecular weight is 312 g/mol. The summed E-state index contributed by atoms with van der Waals surface area (Å²) in [5.74, 6) is 0. The number of pyridine rings is 1. The number of aromatic nitrogens is 1. The maximum absolute atomic E-state index is 3.11. The second-order valence-corrected chi connectivity index (χ2v) is 6.78. The van der Waals surface area contributed by atoms with Crippen LogP contribution in [0, 0.1) is 0 Å². The van der Waals surface area contributed by atoms with E-state index in [0.29, 0.717) is 0 Å². The molecule has 0 spiro atoms. The third-order valence-electron chi connectivity index (χ3n) is 5.24. The fourth-order valence-electron chi connectivity index (χ4n) is 3.86. The van der Waals surface area contributed by atoms with Crippen LogP contribution in [0.5, 0.6) is 0 Å². The molecule has 3 N–H and O–H groups in total. The molecule has 3 nitrogen and oxygen atoms in total. The maximum atomic E-state index is 3.11. The summed E-state index contributed by atoms with van der Waals surface area (Å²) >= 11 is 0. The lowest BCUT2D eigenvalue weighted by Gasteiger charge is -2.34. The number of hydrogen-bond acceptors (Lipinski definition) is 0.